The zero-order valence-electron chi connectivity index (χ0n) is 10.1. The molecule has 1 aliphatic carbocycles. The van der Waals surface area contributed by atoms with Crippen LogP contribution >= 0.6 is 11.3 Å². The molecular weight excluding hydrogens is 232 g/mol. The number of rotatable bonds is 3. The van der Waals surface area contributed by atoms with Crippen molar-refractivity contribution in [2.45, 2.75) is 38.8 Å². The van der Waals surface area contributed by atoms with Crippen LogP contribution in [0, 0.1) is 0 Å². The fourth-order valence-corrected chi connectivity index (χ4v) is 2.83. The summed E-state index contributed by atoms with van der Waals surface area (Å²) in [6.45, 7) is 4.31. The van der Waals surface area contributed by atoms with Crippen molar-refractivity contribution in [3.8, 4) is 0 Å². The van der Waals surface area contributed by atoms with Gasteiger partial charge in [0, 0.05) is 29.9 Å². The molecule has 0 saturated heterocycles. The van der Waals surface area contributed by atoms with Crippen LogP contribution in [-0.4, -0.2) is 16.5 Å². The first-order valence-electron chi connectivity index (χ1n) is 6.05. The van der Waals surface area contributed by atoms with Gasteiger partial charge in [-0.3, -0.25) is 4.79 Å². The van der Waals surface area contributed by atoms with Crippen LogP contribution in [0.15, 0.2) is 18.5 Å². The molecule has 90 valence electrons. The number of nitrogens with one attached hydrogen (secondary N) is 1. The van der Waals surface area contributed by atoms with Crippen molar-refractivity contribution in [3.05, 3.63) is 23.3 Å². The first-order chi connectivity index (χ1) is 8.13. The Morgan fingerprint density at radius 2 is 2.24 bits per heavy atom. The van der Waals surface area contributed by atoms with Gasteiger partial charge in [0.15, 0.2) is 0 Å². The molecule has 0 unspecified atom stereocenters. The van der Waals surface area contributed by atoms with Crippen molar-refractivity contribution >= 4 is 27.3 Å². The number of carbonyl (C=O) groups is 1. The molecule has 1 aliphatic rings. The molecule has 3 nitrogen and oxygen atoms in total. The molecule has 0 atom stereocenters. The van der Waals surface area contributed by atoms with Gasteiger partial charge in [0.25, 0.3) is 5.91 Å². The summed E-state index contributed by atoms with van der Waals surface area (Å²) < 4.78 is 3.38. The largest absolute Gasteiger partial charge is 0.350 e. The summed E-state index contributed by atoms with van der Waals surface area (Å²) in [7, 11) is 0. The first kappa shape index (κ1) is 10.8. The SMILES string of the molecule is CC(C)n1cc2cc(C(=O)NC3CC3)sc2c1. The molecular formula is C13H16N2OS. The van der Waals surface area contributed by atoms with Crippen molar-refractivity contribution in [2.24, 2.45) is 0 Å². The van der Waals surface area contributed by atoms with E-state index in [9.17, 15) is 4.79 Å². The highest BCUT2D eigenvalue weighted by molar-refractivity contribution is 7.20. The first-order valence-corrected chi connectivity index (χ1v) is 6.87. The summed E-state index contributed by atoms with van der Waals surface area (Å²) in [5, 5.41) is 4.19. The monoisotopic (exact) mass is 248 g/mol. The molecule has 2 aromatic rings. The van der Waals surface area contributed by atoms with Gasteiger partial charge in [-0.2, -0.15) is 0 Å². The summed E-state index contributed by atoms with van der Waals surface area (Å²) in [6, 6.07) is 2.90. The number of amides is 1. The van der Waals surface area contributed by atoms with E-state index in [-0.39, 0.29) is 5.91 Å². The zero-order chi connectivity index (χ0) is 12.0. The number of carbonyl (C=O) groups excluding carboxylic acids is 1. The van der Waals surface area contributed by atoms with Gasteiger partial charge >= 0.3 is 0 Å². The van der Waals surface area contributed by atoms with Gasteiger partial charge in [0.05, 0.1) is 9.58 Å². The smallest absolute Gasteiger partial charge is 0.261 e. The van der Waals surface area contributed by atoms with Crippen LogP contribution in [0.3, 0.4) is 0 Å². The summed E-state index contributed by atoms with van der Waals surface area (Å²) in [5.74, 6) is 0.0878. The normalized spacial score (nSPS) is 15.7. The second-order valence-corrected chi connectivity index (χ2v) is 6.06. The highest BCUT2D eigenvalue weighted by Gasteiger charge is 2.24. The Bertz CT molecular complexity index is 531. The third-order valence-corrected chi connectivity index (χ3v) is 4.16. The van der Waals surface area contributed by atoms with Crippen LogP contribution in [0.5, 0.6) is 0 Å². The van der Waals surface area contributed by atoms with Crippen molar-refractivity contribution < 1.29 is 4.79 Å². The highest BCUT2D eigenvalue weighted by atomic mass is 32.1. The lowest BCUT2D eigenvalue weighted by Gasteiger charge is -2.04. The number of thiophene rings is 1. The molecule has 0 radical (unpaired) electrons. The van der Waals surface area contributed by atoms with Gasteiger partial charge in [0.1, 0.15) is 0 Å². The zero-order valence-corrected chi connectivity index (χ0v) is 10.9. The summed E-state index contributed by atoms with van der Waals surface area (Å²) in [6.07, 6.45) is 6.51. The predicted octanol–water partition coefficient (Wildman–Crippen LogP) is 3.18. The van der Waals surface area contributed by atoms with Crippen LogP contribution in [0.2, 0.25) is 0 Å². The molecule has 2 aromatic heterocycles. The van der Waals surface area contributed by atoms with E-state index in [0.717, 1.165) is 17.7 Å². The second kappa shape index (κ2) is 3.88. The molecule has 4 heteroatoms. The van der Waals surface area contributed by atoms with Gasteiger partial charge < -0.3 is 9.88 Å². The summed E-state index contributed by atoms with van der Waals surface area (Å²) in [4.78, 5) is 12.7. The van der Waals surface area contributed by atoms with Crippen LogP contribution in [0.25, 0.3) is 10.1 Å². The topological polar surface area (TPSA) is 34.0 Å². The Balaban J connectivity index is 1.86. The number of hydrogen-bond acceptors (Lipinski definition) is 2. The van der Waals surface area contributed by atoms with Crippen molar-refractivity contribution in [2.75, 3.05) is 0 Å². The average molecular weight is 248 g/mol. The van der Waals surface area contributed by atoms with Crippen LogP contribution in [0.1, 0.15) is 42.4 Å². The summed E-state index contributed by atoms with van der Waals surface area (Å²) >= 11 is 1.58. The Kier molecular flexibility index (Phi) is 2.47. The molecule has 0 aliphatic heterocycles. The molecule has 1 N–H and O–H groups in total. The maximum Gasteiger partial charge on any atom is 0.261 e. The van der Waals surface area contributed by atoms with E-state index in [0.29, 0.717) is 12.1 Å². The Morgan fingerprint density at radius 1 is 1.47 bits per heavy atom. The van der Waals surface area contributed by atoms with Crippen molar-refractivity contribution in [3.63, 3.8) is 0 Å². The molecule has 0 aromatic carbocycles. The third-order valence-electron chi connectivity index (χ3n) is 3.08. The van der Waals surface area contributed by atoms with Gasteiger partial charge in [-0.05, 0) is 32.8 Å². The Labute approximate surface area is 104 Å². The number of nitrogens with zero attached hydrogens (tertiary/aromatic N) is 1. The molecule has 0 spiro atoms. The lowest BCUT2D eigenvalue weighted by atomic mass is 10.3. The molecule has 1 saturated carbocycles. The van der Waals surface area contributed by atoms with E-state index in [2.05, 4.69) is 36.1 Å². The molecule has 1 fully saturated rings. The third kappa shape index (κ3) is 2.09. The van der Waals surface area contributed by atoms with E-state index < -0.39 is 0 Å². The van der Waals surface area contributed by atoms with E-state index in [1.54, 1.807) is 11.3 Å². The lowest BCUT2D eigenvalue weighted by molar-refractivity contribution is 0.0955. The quantitative estimate of drug-likeness (QED) is 0.889. The van der Waals surface area contributed by atoms with Gasteiger partial charge in [-0.15, -0.1) is 11.3 Å². The lowest BCUT2D eigenvalue weighted by Crippen LogP contribution is -2.24. The van der Waals surface area contributed by atoms with Crippen LogP contribution in [0.4, 0.5) is 0 Å². The number of aromatic nitrogens is 1. The van der Waals surface area contributed by atoms with E-state index in [1.165, 1.54) is 10.1 Å². The minimum absolute atomic E-state index is 0.0878. The van der Waals surface area contributed by atoms with Gasteiger partial charge in [-0.25, -0.2) is 0 Å². The molecule has 1 amide bonds. The molecule has 17 heavy (non-hydrogen) atoms. The van der Waals surface area contributed by atoms with E-state index in [4.69, 9.17) is 0 Å². The fraction of sp³-hybridized carbons (Fsp3) is 0.462. The Morgan fingerprint density at radius 3 is 2.82 bits per heavy atom. The van der Waals surface area contributed by atoms with Crippen LogP contribution < -0.4 is 5.32 Å². The van der Waals surface area contributed by atoms with Crippen LogP contribution in [-0.2, 0) is 0 Å². The maximum atomic E-state index is 11.9. The molecule has 3 rings (SSSR count). The van der Waals surface area contributed by atoms with Crippen molar-refractivity contribution in [1.29, 1.82) is 0 Å². The fourth-order valence-electron chi connectivity index (χ4n) is 1.85. The standard InChI is InChI=1S/C13H16N2OS/c1-8(2)15-6-9-5-11(17-12(9)7-15)13(16)14-10-3-4-10/h5-8,10H,3-4H2,1-2H3,(H,14,16). The molecule has 0 bridgehead atoms. The van der Waals surface area contributed by atoms with E-state index >= 15 is 0 Å². The van der Waals surface area contributed by atoms with Crippen molar-refractivity contribution in [1.82, 2.24) is 9.88 Å². The second-order valence-electron chi connectivity index (χ2n) is 4.98. The average Bonchev–Trinajstić information content (AvgIpc) is 2.85. The summed E-state index contributed by atoms with van der Waals surface area (Å²) in [5.41, 5.74) is 0. The van der Waals surface area contributed by atoms with Gasteiger partial charge in [0.2, 0.25) is 0 Å². The Hall–Kier alpha value is -1.29. The maximum absolute atomic E-state index is 11.9. The van der Waals surface area contributed by atoms with Gasteiger partial charge in [-0.1, -0.05) is 0 Å². The highest BCUT2D eigenvalue weighted by Crippen LogP contribution is 2.29. The number of hydrogen-bond donors (Lipinski definition) is 1. The minimum atomic E-state index is 0.0878. The van der Waals surface area contributed by atoms with E-state index in [1.807, 2.05) is 6.07 Å². The molecule has 2 heterocycles. The predicted molar refractivity (Wildman–Crippen MR) is 70.7 cm³/mol. The number of fused-ring (bicyclic) bond motifs is 1. The minimum Gasteiger partial charge on any atom is -0.350 e.